The Hall–Kier alpha value is -3.72. The number of ether oxygens (including phenoxy) is 1. The minimum atomic E-state index is -5.08. The van der Waals surface area contributed by atoms with Crippen molar-refractivity contribution in [3.05, 3.63) is 66.0 Å². The number of carboxylic acids is 2. The number of morpholine rings is 1. The summed E-state index contributed by atoms with van der Waals surface area (Å²) >= 11 is 0. The maximum atomic E-state index is 10.6. The van der Waals surface area contributed by atoms with Gasteiger partial charge in [-0.2, -0.15) is 26.3 Å². The highest BCUT2D eigenvalue weighted by molar-refractivity contribution is 5.73. The molecule has 0 aromatic carbocycles. The molecule has 9 nitrogen and oxygen atoms in total. The molecule has 1 aliphatic carbocycles. The fraction of sp³-hybridized carbons (Fsp3) is 0.417. The van der Waals surface area contributed by atoms with Crippen LogP contribution in [0.15, 0.2) is 49.1 Å². The van der Waals surface area contributed by atoms with E-state index >= 15 is 0 Å². The molecule has 3 aromatic heterocycles. The molecule has 15 heteroatoms. The summed E-state index contributed by atoms with van der Waals surface area (Å²) in [7, 11) is 0. The number of carboxylic acid groups (broad SMARTS) is 2. The Morgan fingerprint density at radius 3 is 2.10 bits per heavy atom. The van der Waals surface area contributed by atoms with Gasteiger partial charge in [-0.25, -0.2) is 14.6 Å². The maximum absolute atomic E-state index is 10.6. The molecule has 0 spiro atoms. The first-order chi connectivity index (χ1) is 18.3. The van der Waals surface area contributed by atoms with Crippen LogP contribution in [0.1, 0.15) is 41.8 Å². The van der Waals surface area contributed by atoms with Crippen LogP contribution in [0.25, 0.3) is 5.52 Å². The molecule has 1 saturated carbocycles. The van der Waals surface area contributed by atoms with Gasteiger partial charge >= 0.3 is 24.3 Å². The van der Waals surface area contributed by atoms with Gasteiger partial charge < -0.3 is 19.4 Å². The number of hydrogen-bond acceptors (Lipinski definition) is 6. The predicted molar refractivity (Wildman–Crippen MR) is 123 cm³/mol. The van der Waals surface area contributed by atoms with Crippen molar-refractivity contribution in [1.82, 2.24) is 19.3 Å². The zero-order valence-electron chi connectivity index (χ0n) is 20.2. The van der Waals surface area contributed by atoms with Crippen LogP contribution in [-0.2, 0) is 20.9 Å². The Balaban J connectivity index is 0.000000251. The second-order valence-electron chi connectivity index (χ2n) is 8.67. The van der Waals surface area contributed by atoms with E-state index in [-0.39, 0.29) is 6.10 Å². The van der Waals surface area contributed by atoms with E-state index in [0.717, 1.165) is 31.9 Å². The van der Waals surface area contributed by atoms with E-state index in [1.54, 1.807) is 0 Å². The van der Waals surface area contributed by atoms with Crippen LogP contribution in [0, 0.1) is 0 Å². The van der Waals surface area contributed by atoms with Gasteiger partial charge in [0.1, 0.15) is 6.10 Å². The van der Waals surface area contributed by atoms with E-state index in [1.165, 1.54) is 29.6 Å². The number of nitrogens with zero attached hydrogens (tertiary/aromatic N) is 4. The Morgan fingerprint density at radius 1 is 0.974 bits per heavy atom. The minimum Gasteiger partial charge on any atom is -0.475 e. The molecule has 3 aromatic rings. The van der Waals surface area contributed by atoms with Gasteiger partial charge in [-0.3, -0.25) is 9.88 Å². The monoisotopic (exact) mass is 562 g/mol. The Kier molecular flexibility index (Phi) is 9.50. The molecule has 2 aliphatic rings. The van der Waals surface area contributed by atoms with Crippen LogP contribution in [0.2, 0.25) is 0 Å². The third-order valence-corrected chi connectivity index (χ3v) is 5.73. The number of halogens is 6. The number of alkyl halides is 6. The number of rotatable bonds is 4. The van der Waals surface area contributed by atoms with Crippen LogP contribution in [0.5, 0.6) is 0 Å². The Bertz CT molecular complexity index is 1240. The van der Waals surface area contributed by atoms with E-state index < -0.39 is 24.3 Å². The van der Waals surface area contributed by atoms with E-state index in [0.29, 0.717) is 5.92 Å². The Labute approximate surface area is 217 Å². The van der Waals surface area contributed by atoms with Crippen molar-refractivity contribution in [2.75, 3.05) is 19.7 Å². The first-order valence-corrected chi connectivity index (χ1v) is 11.6. The lowest BCUT2D eigenvalue weighted by Gasteiger charge is -2.32. The van der Waals surface area contributed by atoms with Crippen LogP contribution < -0.4 is 0 Å². The first-order valence-electron chi connectivity index (χ1n) is 11.6. The summed E-state index contributed by atoms with van der Waals surface area (Å²) < 4.78 is 71.8. The first kappa shape index (κ1) is 29.8. The van der Waals surface area contributed by atoms with E-state index in [9.17, 15) is 26.3 Å². The predicted octanol–water partition coefficient (Wildman–Crippen LogP) is 4.45. The number of aliphatic carboxylic acids is 2. The van der Waals surface area contributed by atoms with Crippen LogP contribution in [0.4, 0.5) is 26.3 Å². The van der Waals surface area contributed by atoms with Gasteiger partial charge in [0.25, 0.3) is 0 Å². The summed E-state index contributed by atoms with van der Waals surface area (Å²) in [6, 6.07) is 10.7. The normalized spacial score (nSPS) is 17.9. The van der Waals surface area contributed by atoms with Crippen molar-refractivity contribution >= 4 is 17.5 Å². The Morgan fingerprint density at radius 2 is 1.56 bits per heavy atom. The molecule has 1 unspecified atom stereocenters. The minimum absolute atomic E-state index is 0.0371. The van der Waals surface area contributed by atoms with E-state index in [4.69, 9.17) is 29.5 Å². The lowest BCUT2D eigenvalue weighted by Crippen LogP contribution is -2.38. The van der Waals surface area contributed by atoms with Crippen molar-refractivity contribution in [3.63, 3.8) is 0 Å². The average molecular weight is 562 g/mol. The molecule has 0 radical (unpaired) electrons. The van der Waals surface area contributed by atoms with Gasteiger partial charge in [0.05, 0.1) is 24.1 Å². The largest absolute Gasteiger partial charge is 0.490 e. The summed E-state index contributed by atoms with van der Waals surface area (Å²) in [4.78, 5) is 29.1. The second kappa shape index (κ2) is 12.4. The summed E-state index contributed by atoms with van der Waals surface area (Å²) in [5, 5.41) is 14.2. The fourth-order valence-corrected chi connectivity index (χ4v) is 3.78. The second-order valence-corrected chi connectivity index (χ2v) is 8.67. The third-order valence-electron chi connectivity index (χ3n) is 5.73. The number of hydrogen-bond donors (Lipinski definition) is 2. The van der Waals surface area contributed by atoms with Gasteiger partial charge in [-0.05, 0) is 48.6 Å². The number of carbonyl (C=O) groups is 2. The molecule has 2 N–H and O–H groups in total. The summed E-state index contributed by atoms with van der Waals surface area (Å²) in [6.45, 7) is 3.51. The van der Waals surface area contributed by atoms with Crippen molar-refractivity contribution in [3.8, 4) is 0 Å². The van der Waals surface area contributed by atoms with Crippen molar-refractivity contribution in [2.24, 2.45) is 0 Å². The molecule has 1 atom stereocenters. The topological polar surface area (TPSA) is 117 Å². The van der Waals surface area contributed by atoms with E-state index in [1.807, 2.05) is 18.7 Å². The molecular weight excluding hydrogens is 538 g/mol. The maximum Gasteiger partial charge on any atom is 0.490 e. The number of pyridine rings is 2. The molecule has 39 heavy (non-hydrogen) atoms. The lowest BCUT2D eigenvalue weighted by atomic mass is 10.1. The van der Waals surface area contributed by atoms with E-state index in [2.05, 4.69) is 44.6 Å². The zero-order valence-corrected chi connectivity index (χ0v) is 20.2. The third kappa shape index (κ3) is 8.64. The standard InChI is InChI=1S/C20H22N4O.2C2HF3O2/c1-2-17(16-4-5-16)24-14-22-20(18(24)3-1)19-13-23(10-11-25-19)12-15-6-8-21-9-7-15;2*3-2(4,5)1(6)7/h1-3,6-9,14,16,19H,4-5,10-13H2;2*(H,6,7). The van der Waals surface area contributed by atoms with Crippen LogP contribution in [0.3, 0.4) is 0 Å². The molecule has 5 rings (SSSR count). The summed E-state index contributed by atoms with van der Waals surface area (Å²) in [5.41, 5.74) is 4.95. The molecular formula is C24H24F6N4O5. The number of aromatic nitrogens is 3. The summed E-state index contributed by atoms with van der Waals surface area (Å²) in [6.07, 6.45) is -1.84. The zero-order chi connectivity index (χ0) is 28.8. The molecule has 0 amide bonds. The SMILES string of the molecule is O=C(O)C(F)(F)F.O=C(O)C(F)(F)F.c1cc(C2CC2)n2cnc(C3CN(Cc4ccncc4)CCO3)c2c1. The highest BCUT2D eigenvalue weighted by atomic mass is 19.4. The van der Waals surface area contributed by atoms with Gasteiger partial charge in [0.2, 0.25) is 0 Å². The van der Waals surface area contributed by atoms with Crippen LogP contribution >= 0.6 is 0 Å². The van der Waals surface area contributed by atoms with Gasteiger partial charge in [-0.15, -0.1) is 0 Å². The average Bonchev–Trinajstić information content (AvgIpc) is 3.62. The quantitative estimate of drug-likeness (QED) is 0.448. The van der Waals surface area contributed by atoms with Gasteiger partial charge in [0.15, 0.2) is 0 Å². The molecule has 0 bridgehead atoms. The number of imidazole rings is 1. The molecule has 212 valence electrons. The molecule has 1 aliphatic heterocycles. The van der Waals surface area contributed by atoms with Gasteiger partial charge in [0, 0.05) is 37.7 Å². The molecule has 4 heterocycles. The lowest BCUT2D eigenvalue weighted by molar-refractivity contribution is -0.193. The van der Waals surface area contributed by atoms with Crippen molar-refractivity contribution in [2.45, 2.75) is 43.8 Å². The fourth-order valence-electron chi connectivity index (χ4n) is 3.78. The smallest absolute Gasteiger partial charge is 0.475 e. The highest BCUT2D eigenvalue weighted by Gasteiger charge is 2.39. The van der Waals surface area contributed by atoms with Crippen molar-refractivity contribution in [1.29, 1.82) is 0 Å². The molecule has 1 saturated heterocycles. The summed E-state index contributed by atoms with van der Waals surface area (Å²) in [5.74, 6) is -4.80. The highest BCUT2D eigenvalue weighted by Crippen LogP contribution is 2.40. The number of fused-ring (bicyclic) bond motifs is 1. The molecule has 2 fully saturated rings. The van der Waals surface area contributed by atoms with Crippen molar-refractivity contribution < 1.29 is 50.9 Å². The van der Waals surface area contributed by atoms with Crippen LogP contribution in [-0.4, -0.2) is 73.5 Å². The van der Waals surface area contributed by atoms with Gasteiger partial charge in [-0.1, -0.05) is 6.07 Å².